The van der Waals surface area contributed by atoms with Gasteiger partial charge in [-0.2, -0.15) is 0 Å². The molecule has 6 heteroatoms. The number of benzene rings is 2. The van der Waals surface area contributed by atoms with E-state index in [9.17, 15) is 9.59 Å². The minimum absolute atomic E-state index is 0.173. The maximum Gasteiger partial charge on any atom is 0.257 e. The second-order valence-electron chi connectivity index (χ2n) is 6.85. The Labute approximate surface area is 162 Å². The fraction of sp³-hybridized carbons (Fsp3) is 0.273. The molecule has 144 valence electrons. The number of aryl methyl sites for hydroxylation is 2. The van der Waals surface area contributed by atoms with Crippen LogP contribution in [-0.2, 0) is 19.5 Å². The first-order valence-corrected chi connectivity index (χ1v) is 9.26. The van der Waals surface area contributed by atoms with Gasteiger partial charge in [0, 0.05) is 24.7 Å². The molecule has 0 atom stereocenters. The van der Waals surface area contributed by atoms with Crippen molar-refractivity contribution in [1.29, 1.82) is 0 Å². The van der Waals surface area contributed by atoms with Crippen molar-refractivity contribution in [3.05, 3.63) is 69.5 Å². The van der Waals surface area contributed by atoms with E-state index in [2.05, 4.69) is 5.32 Å². The largest absolute Gasteiger partial charge is 0.493 e. The summed E-state index contributed by atoms with van der Waals surface area (Å²) in [5, 5.41) is 3.45. The van der Waals surface area contributed by atoms with Crippen LogP contribution in [0.5, 0.6) is 11.5 Å². The molecule has 1 N–H and O–H groups in total. The van der Waals surface area contributed by atoms with E-state index >= 15 is 0 Å². The average molecular weight is 378 g/mol. The minimum atomic E-state index is -0.374. The van der Waals surface area contributed by atoms with Crippen LogP contribution in [-0.4, -0.2) is 24.7 Å². The summed E-state index contributed by atoms with van der Waals surface area (Å²) in [4.78, 5) is 25.6. The molecule has 1 aliphatic heterocycles. The number of carbonyl (C=O) groups is 1. The Morgan fingerprint density at radius 3 is 2.75 bits per heavy atom. The van der Waals surface area contributed by atoms with Crippen LogP contribution in [0.25, 0.3) is 10.9 Å². The summed E-state index contributed by atoms with van der Waals surface area (Å²) in [6.07, 6.45) is 3.65. The molecule has 0 radical (unpaired) electrons. The van der Waals surface area contributed by atoms with Crippen molar-refractivity contribution < 1.29 is 14.3 Å². The van der Waals surface area contributed by atoms with Crippen molar-refractivity contribution in [3.8, 4) is 11.5 Å². The van der Waals surface area contributed by atoms with Gasteiger partial charge in [0.25, 0.3) is 5.91 Å². The summed E-state index contributed by atoms with van der Waals surface area (Å²) >= 11 is 0. The number of nitrogens with zero attached hydrogens (tertiary/aromatic N) is 1. The third-order valence-electron chi connectivity index (χ3n) is 5.17. The van der Waals surface area contributed by atoms with E-state index in [4.69, 9.17) is 9.47 Å². The fourth-order valence-corrected chi connectivity index (χ4v) is 3.79. The lowest BCUT2D eigenvalue weighted by Crippen LogP contribution is -2.30. The summed E-state index contributed by atoms with van der Waals surface area (Å²) in [7, 11) is 3.14. The second kappa shape index (κ2) is 7.38. The topological polar surface area (TPSA) is 69.6 Å². The highest BCUT2D eigenvalue weighted by Crippen LogP contribution is 2.27. The van der Waals surface area contributed by atoms with Crippen LogP contribution in [0.1, 0.15) is 27.9 Å². The van der Waals surface area contributed by atoms with Gasteiger partial charge >= 0.3 is 0 Å². The maximum absolute atomic E-state index is 12.9. The summed E-state index contributed by atoms with van der Waals surface area (Å²) < 4.78 is 12.5. The van der Waals surface area contributed by atoms with Gasteiger partial charge in [-0.05, 0) is 42.2 Å². The SMILES string of the molecule is COc1ccc(CNC(=O)c2cn3c4c(cccc4c2=O)CCC3)cc1OC. The fourth-order valence-electron chi connectivity index (χ4n) is 3.79. The molecule has 0 saturated carbocycles. The summed E-state index contributed by atoms with van der Waals surface area (Å²) in [6, 6.07) is 11.2. The zero-order valence-electron chi connectivity index (χ0n) is 16.0. The van der Waals surface area contributed by atoms with Crippen LogP contribution in [0.15, 0.2) is 47.4 Å². The molecule has 1 amide bonds. The molecule has 0 unspecified atom stereocenters. The molecular weight excluding hydrogens is 356 g/mol. The molecule has 1 aliphatic rings. The van der Waals surface area contributed by atoms with Crippen molar-refractivity contribution in [1.82, 2.24) is 9.88 Å². The zero-order chi connectivity index (χ0) is 19.7. The van der Waals surface area contributed by atoms with E-state index in [1.54, 1.807) is 32.5 Å². The van der Waals surface area contributed by atoms with E-state index in [1.807, 2.05) is 28.8 Å². The highest BCUT2D eigenvalue weighted by atomic mass is 16.5. The highest BCUT2D eigenvalue weighted by Gasteiger charge is 2.19. The number of nitrogens with one attached hydrogen (secondary N) is 1. The van der Waals surface area contributed by atoms with Crippen molar-refractivity contribution in [3.63, 3.8) is 0 Å². The number of aromatic nitrogens is 1. The van der Waals surface area contributed by atoms with Crippen molar-refractivity contribution >= 4 is 16.8 Å². The molecule has 28 heavy (non-hydrogen) atoms. The number of pyridine rings is 1. The van der Waals surface area contributed by atoms with Crippen LogP contribution in [0.4, 0.5) is 0 Å². The van der Waals surface area contributed by atoms with Gasteiger partial charge in [0.1, 0.15) is 5.56 Å². The van der Waals surface area contributed by atoms with Gasteiger partial charge in [0.2, 0.25) is 5.43 Å². The standard InChI is InChI=1S/C22H22N2O4/c1-27-18-9-8-14(11-19(18)28-2)12-23-22(26)17-13-24-10-4-6-15-5-3-7-16(20(15)24)21(17)25/h3,5,7-9,11,13H,4,6,10,12H2,1-2H3,(H,23,26). The molecule has 0 spiro atoms. The molecule has 2 heterocycles. The average Bonchev–Trinajstić information content (AvgIpc) is 2.74. The van der Waals surface area contributed by atoms with Gasteiger partial charge < -0.3 is 19.4 Å². The molecule has 0 fully saturated rings. The van der Waals surface area contributed by atoms with E-state index in [-0.39, 0.29) is 23.4 Å². The van der Waals surface area contributed by atoms with Crippen molar-refractivity contribution in [2.45, 2.75) is 25.9 Å². The maximum atomic E-state index is 12.9. The van der Waals surface area contributed by atoms with Gasteiger partial charge in [-0.25, -0.2) is 0 Å². The van der Waals surface area contributed by atoms with E-state index in [0.29, 0.717) is 16.9 Å². The first kappa shape index (κ1) is 18.1. The first-order chi connectivity index (χ1) is 13.6. The molecule has 3 aromatic rings. The Morgan fingerprint density at radius 1 is 1.14 bits per heavy atom. The smallest absolute Gasteiger partial charge is 0.257 e. The van der Waals surface area contributed by atoms with Crippen molar-refractivity contribution in [2.75, 3.05) is 14.2 Å². The number of para-hydroxylation sites is 1. The van der Waals surface area contributed by atoms with E-state index in [0.717, 1.165) is 36.0 Å². The number of amides is 1. The number of rotatable bonds is 5. The van der Waals surface area contributed by atoms with E-state index < -0.39 is 0 Å². The number of hydrogen-bond acceptors (Lipinski definition) is 4. The number of ether oxygens (including phenoxy) is 2. The minimum Gasteiger partial charge on any atom is -0.493 e. The zero-order valence-corrected chi connectivity index (χ0v) is 16.0. The molecular formula is C22H22N2O4. The van der Waals surface area contributed by atoms with Gasteiger partial charge in [0.15, 0.2) is 11.5 Å². The highest BCUT2D eigenvalue weighted by molar-refractivity contribution is 5.97. The van der Waals surface area contributed by atoms with Crippen molar-refractivity contribution in [2.24, 2.45) is 0 Å². The first-order valence-electron chi connectivity index (χ1n) is 9.26. The van der Waals surface area contributed by atoms with Crippen LogP contribution in [0, 0.1) is 0 Å². The summed E-state index contributed by atoms with van der Waals surface area (Å²) in [6.45, 7) is 1.10. The van der Waals surface area contributed by atoms with Gasteiger partial charge in [0.05, 0.1) is 19.7 Å². The molecule has 0 aliphatic carbocycles. The third-order valence-corrected chi connectivity index (χ3v) is 5.17. The monoisotopic (exact) mass is 378 g/mol. The number of hydrogen-bond donors (Lipinski definition) is 1. The van der Waals surface area contributed by atoms with Crippen LogP contribution >= 0.6 is 0 Å². The molecule has 4 rings (SSSR count). The molecule has 1 aromatic heterocycles. The van der Waals surface area contributed by atoms with Crippen LogP contribution < -0.4 is 20.2 Å². The Bertz CT molecular complexity index is 1120. The number of carbonyl (C=O) groups excluding carboxylic acids is 1. The second-order valence-corrected chi connectivity index (χ2v) is 6.85. The number of methoxy groups -OCH3 is 2. The lowest BCUT2D eigenvalue weighted by molar-refractivity contribution is 0.0949. The molecule has 6 nitrogen and oxygen atoms in total. The Morgan fingerprint density at radius 2 is 1.96 bits per heavy atom. The Hall–Kier alpha value is -3.28. The lowest BCUT2D eigenvalue weighted by Gasteiger charge is -2.20. The predicted molar refractivity (Wildman–Crippen MR) is 107 cm³/mol. The molecule has 0 saturated heterocycles. The quantitative estimate of drug-likeness (QED) is 0.741. The van der Waals surface area contributed by atoms with Gasteiger partial charge in [-0.1, -0.05) is 18.2 Å². The Balaban J connectivity index is 1.62. The normalized spacial score (nSPS) is 12.6. The van der Waals surface area contributed by atoms with Crippen LogP contribution in [0.2, 0.25) is 0 Å². The summed E-state index contributed by atoms with van der Waals surface area (Å²) in [5.41, 5.74) is 2.93. The van der Waals surface area contributed by atoms with E-state index in [1.165, 1.54) is 0 Å². The predicted octanol–water partition coefficient (Wildman–Crippen LogP) is 2.89. The molecule has 0 bridgehead atoms. The summed E-state index contributed by atoms with van der Waals surface area (Å²) in [5.74, 6) is 0.846. The molecule has 2 aromatic carbocycles. The third kappa shape index (κ3) is 3.11. The van der Waals surface area contributed by atoms with Crippen LogP contribution in [0.3, 0.4) is 0 Å². The Kier molecular flexibility index (Phi) is 4.77. The van der Waals surface area contributed by atoms with Gasteiger partial charge in [-0.3, -0.25) is 9.59 Å². The van der Waals surface area contributed by atoms with Gasteiger partial charge in [-0.15, -0.1) is 0 Å². The lowest BCUT2D eigenvalue weighted by atomic mass is 9.99.